The topological polar surface area (TPSA) is 65.8 Å². The number of carbonyl (C=O) groups excluding carboxylic acids is 1. The number of aryl methyl sites for hydroxylation is 1. The molecule has 0 radical (unpaired) electrons. The quantitative estimate of drug-likeness (QED) is 0.879. The lowest BCUT2D eigenvalue weighted by molar-refractivity contribution is -0.138. The lowest BCUT2D eigenvalue weighted by Crippen LogP contribution is -2.50. The van der Waals surface area contributed by atoms with Crippen molar-refractivity contribution in [3.63, 3.8) is 0 Å². The van der Waals surface area contributed by atoms with E-state index in [-0.39, 0.29) is 12.5 Å². The minimum atomic E-state index is -0.839. The maximum atomic E-state index is 12.3. The highest BCUT2D eigenvalue weighted by Crippen LogP contribution is 2.15. The molecule has 6 nitrogen and oxygen atoms in total. The summed E-state index contributed by atoms with van der Waals surface area (Å²) in [5.74, 6) is -0.904. The first-order chi connectivity index (χ1) is 8.97. The Kier molecular flexibility index (Phi) is 4.11. The largest absolute Gasteiger partial charge is 0.480 e. The van der Waals surface area contributed by atoms with Crippen LogP contribution in [0.15, 0.2) is 12.3 Å². The summed E-state index contributed by atoms with van der Waals surface area (Å²) in [5.41, 5.74) is 0.552. The van der Waals surface area contributed by atoms with Crippen LogP contribution in [0.1, 0.15) is 10.5 Å². The third-order valence-electron chi connectivity index (χ3n) is 3.21. The fraction of sp³-hybridized carbons (Fsp3) is 0.500. The van der Waals surface area contributed by atoms with Gasteiger partial charge < -0.3 is 14.6 Å². The van der Waals surface area contributed by atoms with Crippen LogP contribution < -0.4 is 0 Å². The van der Waals surface area contributed by atoms with Crippen molar-refractivity contribution < 1.29 is 14.7 Å². The van der Waals surface area contributed by atoms with Gasteiger partial charge in [0, 0.05) is 39.4 Å². The van der Waals surface area contributed by atoms with E-state index in [0.29, 0.717) is 36.9 Å². The van der Waals surface area contributed by atoms with Gasteiger partial charge in [-0.05, 0) is 6.07 Å². The van der Waals surface area contributed by atoms with Crippen molar-refractivity contribution in [2.75, 3.05) is 32.7 Å². The standard InChI is InChI=1S/C12H16ClN3O3/c1-14-7-9(13)6-10(14)12(19)16-4-2-15(3-5-16)8-11(17)18/h6-7H,2-5,8H2,1H3,(H,17,18). The van der Waals surface area contributed by atoms with Crippen LogP contribution in [0.3, 0.4) is 0 Å². The van der Waals surface area contributed by atoms with E-state index < -0.39 is 5.97 Å². The van der Waals surface area contributed by atoms with Crippen LogP contribution in [0.25, 0.3) is 0 Å². The first-order valence-electron chi connectivity index (χ1n) is 6.02. The van der Waals surface area contributed by atoms with E-state index in [0.717, 1.165) is 0 Å². The van der Waals surface area contributed by atoms with Crippen molar-refractivity contribution in [2.45, 2.75) is 0 Å². The van der Waals surface area contributed by atoms with Crippen molar-refractivity contribution >= 4 is 23.5 Å². The summed E-state index contributed by atoms with van der Waals surface area (Å²) < 4.78 is 1.70. The highest BCUT2D eigenvalue weighted by Gasteiger charge is 2.24. The average Bonchev–Trinajstić information content (AvgIpc) is 2.68. The molecule has 0 atom stereocenters. The number of nitrogens with zero attached hydrogens (tertiary/aromatic N) is 3. The van der Waals surface area contributed by atoms with Gasteiger partial charge in [-0.1, -0.05) is 11.6 Å². The zero-order valence-corrected chi connectivity index (χ0v) is 11.4. The van der Waals surface area contributed by atoms with Crippen molar-refractivity contribution in [3.05, 3.63) is 23.0 Å². The maximum absolute atomic E-state index is 12.3. The smallest absolute Gasteiger partial charge is 0.317 e. The number of aliphatic carboxylic acids is 1. The summed E-state index contributed by atoms with van der Waals surface area (Å²) in [6.45, 7) is 2.26. The molecule has 19 heavy (non-hydrogen) atoms. The van der Waals surface area contributed by atoms with Crippen LogP contribution in [0.4, 0.5) is 0 Å². The molecule has 1 aromatic rings. The van der Waals surface area contributed by atoms with Crippen molar-refractivity contribution in [1.82, 2.24) is 14.4 Å². The number of amides is 1. The number of rotatable bonds is 3. The Morgan fingerprint density at radius 3 is 2.42 bits per heavy atom. The van der Waals surface area contributed by atoms with E-state index in [9.17, 15) is 9.59 Å². The molecule has 0 bridgehead atoms. The Balaban J connectivity index is 1.96. The van der Waals surface area contributed by atoms with E-state index >= 15 is 0 Å². The van der Waals surface area contributed by atoms with Crippen LogP contribution in [0.5, 0.6) is 0 Å². The van der Waals surface area contributed by atoms with Crippen LogP contribution in [-0.2, 0) is 11.8 Å². The summed E-state index contributed by atoms with van der Waals surface area (Å²) in [6, 6.07) is 1.65. The highest BCUT2D eigenvalue weighted by molar-refractivity contribution is 6.31. The number of carboxylic acid groups (broad SMARTS) is 1. The summed E-state index contributed by atoms with van der Waals surface area (Å²) >= 11 is 5.86. The molecule has 1 aliphatic heterocycles. The van der Waals surface area contributed by atoms with Gasteiger partial charge in [0.15, 0.2) is 0 Å². The highest BCUT2D eigenvalue weighted by atomic mass is 35.5. The van der Waals surface area contributed by atoms with E-state index in [2.05, 4.69) is 0 Å². The zero-order valence-electron chi connectivity index (χ0n) is 10.7. The lowest BCUT2D eigenvalue weighted by atomic mass is 10.2. The van der Waals surface area contributed by atoms with Gasteiger partial charge in [0.2, 0.25) is 0 Å². The second kappa shape index (κ2) is 5.63. The summed E-state index contributed by atoms with van der Waals surface area (Å²) in [6.07, 6.45) is 1.69. The van der Waals surface area contributed by atoms with Gasteiger partial charge in [-0.2, -0.15) is 0 Å². The van der Waals surface area contributed by atoms with Gasteiger partial charge in [-0.25, -0.2) is 0 Å². The molecule has 0 unspecified atom stereocenters. The number of carbonyl (C=O) groups is 2. The minimum Gasteiger partial charge on any atom is -0.480 e. The molecule has 1 fully saturated rings. The first-order valence-corrected chi connectivity index (χ1v) is 6.40. The van der Waals surface area contributed by atoms with Crippen LogP contribution >= 0.6 is 11.6 Å². The SMILES string of the molecule is Cn1cc(Cl)cc1C(=O)N1CCN(CC(=O)O)CC1. The first kappa shape index (κ1) is 13.9. The van der Waals surface area contributed by atoms with Crippen molar-refractivity contribution in [1.29, 1.82) is 0 Å². The molecular formula is C12H16ClN3O3. The zero-order chi connectivity index (χ0) is 14.0. The molecule has 2 rings (SSSR count). The van der Waals surface area contributed by atoms with E-state index in [1.807, 2.05) is 4.90 Å². The number of piperazine rings is 1. The molecule has 7 heteroatoms. The Hall–Kier alpha value is -1.53. The molecule has 1 amide bonds. The normalized spacial score (nSPS) is 16.6. The van der Waals surface area contributed by atoms with Crippen LogP contribution in [-0.4, -0.2) is 64.1 Å². The summed E-state index contributed by atoms with van der Waals surface area (Å²) in [7, 11) is 1.78. The Morgan fingerprint density at radius 1 is 1.32 bits per heavy atom. The number of hydrogen-bond donors (Lipinski definition) is 1. The molecule has 0 aliphatic carbocycles. The van der Waals surface area contributed by atoms with Gasteiger partial charge in [0.1, 0.15) is 5.69 Å². The Morgan fingerprint density at radius 2 is 1.95 bits per heavy atom. The third kappa shape index (κ3) is 3.27. The Bertz CT molecular complexity index is 492. The Labute approximate surface area is 116 Å². The predicted molar refractivity (Wildman–Crippen MR) is 70.4 cm³/mol. The second-order valence-electron chi connectivity index (χ2n) is 4.62. The predicted octanol–water partition coefficient (Wildman–Crippen LogP) is 0.521. The van der Waals surface area contributed by atoms with E-state index in [1.54, 1.807) is 28.8 Å². The molecule has 2 heterocycles. The molecular weight excluding hydrogens is 270 g/mol. The van der Waals surface area contributed by atoms with Gasteiger partial charge in [0.25, 0.3) is 5.91 Å². The molecule has 1 aliphatic rings. The third-order valence-corrected chi connectivity index (χ3v) is 3.42. The minimum absolute atomic E-state index is 0.0258. The van der Waals surface area contributed by atoms with Gasteiger partial charge >= 0.3 is 5.97 Å². The average molecular weight is 286 g/mol. The number of carboxylic acids is 1. The monoisotopic (exact) mass is 285 g/mol. The van der Waals surface area contributed by atoms with Gasteiger partial charge in [-0.15, -0.1) is 0 Å². The number of aromatic nitrogens is 1. The van der Waals surface area contributed by atoms with Crippen molar-refractivity contribution in [2.24, 2.45) is 7.05 Å². The molecule has 1 saturated heterocycles. The van der Waals surface area contributed by atoms with Crippen LogP contribution in [0, 0.1) is 0 Å². The molecule has 1 N–H and O–H groups in total. The summed E-state index contributed by atoms with van der Waals surface area (Å²) in [4.78, 5) is 26.4. The fourth-order valence-electron chi connectivity index (χ4n) is 2.20. The number of hydrogen-bond acceptors (Lipinski definition) is 3. The lowest BCUT2D eigenvalue weighted by Gasteiger charge is -2.33. The summed E-state index contributed by atoms with van der Waals surface area (Å²) in [5, 5.41) is 9.26. The fourth-order valence-corrected chi connectivity index (χ4v) is 2.45. The number of halogens is 1. The van der Waals surface area contributed by atoms with Gasteiger partial charge in [0.05, 0.1) is 11.6 Å². The second-order valence-corrected chi connectivity index (χ2v) is 5.05. The van der Waals surface area contributed by atoms with E-state index in [4.69, 9.17) is 16.7 Å². The maximum Gasteiger partial charge on any atom is 0.317 e. The molecule has 0 aromatic carbocycles. The van der Waals surface area contributed by atoms with Gasteiger partial charge in [-0.3, -0.25) is 14.5 Å². The molecule has 0 spiro atoms. The van der Waals surface area contributed by atoms with Crippen molar-refractivity contribution in [3.8, 4) is 0 Å². The van der Waals surface area contributed by atoms with Crippen LogP contribution in [0.2, 0.25) is 5.02 Å². The molecule has 0 saturated carbocycles. The molecule has 104 valence electrons. The molecule has 1 aromatic heterocycles. The van der Waals surface area contributed by atoms with E-state index in [1.165, 1.54) is 0 Å².